The third kappa shape index (κ3) is 5.57. The first-order chi connectivity index (χ1) is 29.7. The summed E-state index contributed by atoms with van der Waals surface area (Å²) in [6, 6.07) is 78.2. The van der Waals surface area contributed by atoms with Crippen molar-refractivity contribution in [2.45, 2.75) is 0 Å². The van der Waals surface area contributed by atoms with Crippen molar-refractivity contribution in [2.24, 2.45) is 0 Å². The highest BCUT2D eigenvalue weighted by molar-refractivity contribution is 6.21. The van der Waals surface area contributed by atoms with E-state index in [4.69, 9.17) is 8.83 Å². The first-order valence-electron chi connectivity index (χ1n) is 20.5. The Balaban J connectivity index is 0.993. The minimum absolute atomic E-state index is 0.871. The van der Waals surface area contributed by atoms with Crippen LogP contribution in [0.25, 0.3) is 121 Å². The van der Waals surface area contributed by atoms with Gasteiger partial charge in [0.25, 0.3) is 0 Å². The van der Waals surface area contributed by atoms with Gasteiger partial charge in [-0.15, -0.1) is 0 Å². The number of rotatable bonds is 6. The highest BCUT2D eigenvalue weighted by Gasteiger charge is 2.20. The highest BCUT2D eigenvalue weighted by Crippen LogP contribution is 2.46. The summed E-state index contributed by atoms with van der Waals surface area (Å²) in [4.78, 5) is 0. The number of para-hydroxylation sites is 1. The second-order valence-electron chi connectivity index (χ2n) is 15.6. The molecule has 0 atom stereocenters. The first-order valence-corrected chi connectivity index (χ1v) is 20.5. The molecule has 0 bridgehead atoms. The minimum atomic E-state index is 0.871. The van der Waals surface area contributed by atoms with Crippen LogP contribution in [0.2, 0.25) is 0 Å². The smallest absolute Gasteiger partial charge is 0.143 e. The zero-order chi connectivity index (χ0) is 39.6. The van der Waals surface area contributed by atoms with Crippen LogP contribution in [0.4, 0.5) is 0 Å². The summed E-state index contributed by atoms with van der Waals surface area (Å²) in [6.07, 6.45) is 0. The van der Waals surface area contributed by atoms with Crippen molar-refractivity contribution >= 4 is 54.5 Å². The van der Waals surface area contributed by atoms with Crippen molar-refractivity contribution in [1.29, 1.82) is 0 Å². The molecule has 0 spiro atoms. The molecule has 0 aliphatic carbocycles. The molecular formula is C58H36O2. The lowest BCUT2D eigenvalue weighted by Crippen LogP contribution is -1.91. The van der Waals surface area contributed by atoms with Crippen molar-refractivity contribution in [1.82, 2.24) is 0 Å². The molecule has 0 aliphatic heterocycles. The van der Waals surface area contributed by atoms with E-state index in [-0.39, 0.29) is 0 Å². The van der Waals surface area contributed by atoms with Crippen molar-refractivity contribution < 1.29 is 8.83 Å². The van der Waals surface area contributed by atoms with Gasteiger partial charge < -0.3 is 8.83 Å². The van der Waals surface area contributed by atoms with E-state index >= 15 is 0 Å². The molecule has 0 aliphatic rings. The van der Waals surface area contributed by atoms with Crippen LogP contribution in [0.15, 0.2) is 227 Å². The molecule has 60 heavy (non-hydrogen) atoms. The van der Waals surface area contributed by atoms with Gasteiger partial charge in [0.2, 0.25) is 0 Å². The van der Waals surface area contributed by atoms with E-state index in [1.807, 2.05) is 18.2 Å². The standard InChI is InChI=1S/C58H36O2/c1-3-15-37(16-4-1)57-50-31-29-42(36-54(50)60-58(57)38-17-5-2-6-18-38)40-20-14-22-44(34-40)56-48-26-9-7-24-46(48)55(47-25-8-10-27-49(47)56)43-21-13-19-39(33-43)41-30-32-53-51(35-41)45-23-11-12-28-52(45)59-53/h1-36H. The molecule has 0 radical (unpaired) electrons. The summed E-state index contributed by atoms with van der Waals surface area (Å²) >= 11 is 0. The van der Waals surface area contributed by atoms with Gasteiger partial charge in [-0.2, -0.15) is 0 Å². The Bertz CT molecular complexity index is 3530. The van der Waals surface area contributed by atoms with Gasteiger partial charge >= 0.3 is 0 Å². The maximum Gasteiger partial charge on any atom is 0.143 e. The van der Waals surface area contributed by atoms with E-state index in [2.05, 4.69) is 200 Å². The molecule has 2 heteroatoms. The zero-order valence-corrected chi connectivity index (χ0v) is 32.6. The number of benzene rings is 10. The Morgan fingerprint density at radius 1 is 0.200 bits per heavy atom. The van der Waals surface area contributed by atoms with Crippen LogP contribution in [0, 0.1) is 0 Å². The summed E-state index contributed by atoms with van der Waals surface area (Å²) in [7, 11) is 0. The van der Waals surface area contributed by atoms with E-state index < -0.39 is 0 Å². The third-order valence-corrected chi connectivity index (χ3v) is 12.1. The normalized spacial score (nSPS) is 11.7. The second-order valence-corrected chi connectivity index (χ2v) is 15.6. The lowest BCUT2D eigenvalue weighted by Gasteiger charge is -2.18. The summed E-state index contributed by atoms with van der Waals surface area (Å²) in [5.74, 6) is 0.888. The Morgan fingerprint density at radius 3 is 1.27 bits per heavy atom. The van der Waals surface area contributed by atoms with Gasteiger partial charge in [0.1, 0.15) is 22.5 Å². The molecule has 0 saturated carbocycles. The second kappa shape index (κ2) is 13.9. The average molecular weight is 765 g/mol. The predicted octanol–water partition coefficient (Wildman–Crippen LogP) is 16.6. The van der Waals surface area contributed by atoms with E-state index in [1.165, 1.54) is 54.9 Å². The molecule has 0 unspecified atom stereocenters. The first kappa shape index (κ1) is 34.1. The fraction of sp³-hybridized carbons (Fsp3) is 0. The quantitative estimate of drug-likeness (QED) is 0.158. The third-order valence-electron chi connectivity index (χ3n) is 12.1. The molecule has 0 amide bonds. The molecular weight excluding hydrogens is 729 g/mol. The highest BCUT2D eigenvalue weighted by atomic mass is 16.3. The Hall–Kier alpha value is -7.94. The summed E-state index contributed by atoms with van der Waals surface area (Å²) in [5.41, 5.74) is 15.4. The van der Waals surface area contributed by atoms with Crippen LogP contribution in [0.3, 0.4) is 0 Å². The Labute approximate surface area is 347 Å². The van der Waals surface area contributed by atoms with E-state index in [0.717, 1.165) is 66.5 Å². The fourth-order valence-electron chi connectivity index (χ4n) is 9.32. The van der Waals surface area contributed by atoms with Gasteiger partial charge in [-0.25, -0.2) is 0 Å². The molecule has 10 aromatic carbocycles. The van der Waals surface area contributed by atoms with Crippen molar-refractivity contribution in [2.75, 3.05) is 0 Å². The molecule has 12 rings (SSSR count). The summed E-state index contributed by atoms with van der Waals surface area (Å²) in [5, 5.41) is 8.27. The maximum absolute atomic E-state index is 6.75. The van der Waals surface area contributed by atoms with E-state index in [0.29, 0.717) is 0 Å². The van der Waals surface area contributed by atoms with Gasteiger partial charge in [-0.05, 0) is 114 Å². The van der Waals surface area contributed by atoms with Crippen LogP contribution in [-0.2, 0) is 0 Å². The van der Waals surface area contributed by atoms with Gasteiger partial charge in [0, 0.05) is 27.3 Å². The lowest BCUT2D eigenvalue weighted by molar-refractivity contribution is 0.632. The molecule has 2 heterocycles. The van der Waals surface area contributed by atoms with E-state index in [9.17, 15) is 0 Å². The monoisotopic (exact) mass is 764 g/mol. The van der Waals surface area contributed by atoms with E-state index in [1.54, 1.807) is 0 Å². The van der Waals surface area contributed by atoms with Crippen molar-refractivity contribution in [3.8, 4) is 67.0 Å². The maximum atomic E-state index is 6.75. The topological polar surface area (TPSA) is 26.3 Å². The molecule has 12 aromatic rings. The number of hydrogen-bond donors (Lipinski definition) is 0. The SMILES string of the molecule is c1ccc(-c2oc3cc(-c4cccc(-c5c6ccccc6c(-c6cccc(-c7ccc8oc9ccccc9c8c7)c6)c6ccccc56)c4)ccc3c2-c2ccccc2)cc1. The van der Waals surface area contributed by atoms with Crippen molar-refractivity contribution in [3.05, 3.63) is 218 Å². The molecule has 0 fully saturated rings. The molecule has 2 aromatic heterocycles. The fourth-order valence-corrected chi connectivity index (χ4v) is 9.32. The van der Waals surface area contributed by atoms with Gasteiger partial charge in [-0.1, -0.05) is 176 Å². The van der Waals surface area contributed by atoms with Gasteiger partial charge in [0.15, 0.2) is 0 Å². The van der Waals surface area contributed by atoms with Gasteiger partial charge in [-0.3, -0.25) is 0 Å². The number of hydrogen-bond acceptors (Lipinski definition) is 2. The van der Waals surface area contributed by atoms with Crippen LogP contribution >= 0.6 is 0 Å². The lowest BCUT2D eigenvalue weighted by atomic mass is 9.85. The predicted molar refractivity (Wildman–Crippen MR) is 251 cm³/mol. The van der Waals surface area contributed by atoms with Crippen LogP contribution in [-0.4, -0.2) is 0 Å². The van der Waals surface area contributed by atoms with Crippen LogP contribution < -0.4 is 0 Å². The number of fused-ring (bicyclic) bond motifs is 6. The van der Waals surface area contributed by atoms with Crippen molar-refractivity contribution in [3.63, 3.8) is 0 Å². The van der Waals surface area contributed by atoms with Crippen LogP contribution in [0.5, 0.6) is 0 Å². The number of furan rings is 2. The molecule has 0 saturated heterocycles. The van der Waals surface area contributed by atoms with Gasteiger partial charge in [0.05, 0.1) is 0 Å². The summed E-state index contributed by atoms with van der Waals surface area (Å²) in [6.45, 7) is 0. The largest absolute Gasteiger partial charge is 0.456 e. The molecule has 2 nitrogen and oxygen atoms in total. The Morgan fingerprint density at radius 2 is 0.650 bits per heavy atom. The minimum Gasteiger partial charge on any atom is -0.456 e. The Kier molecular flexibility index (Phi) is 7.89. The average Bonchev–Trinajstić information content (AvgIpc) is 3.90. The summed E-state index contributed by atoms with van der Waals surface area (Å²) < 4.78 is 12.9. The molecule has 0 N–H and O–H groups in total. The molecule has 280 valence electrons. The zero-order valence-electron chi connectivity index (χ0n) is 32.6. The van der Waals surface area contributed by atoms with Crippen LogP contribution in [0.1, 0.15) is 0 Å².